The summed E-state index contributed by atoms with van der Waals surface area (Å²) in [4.78, 5) is 24.6. The van der Waals surface area contributed by atoms with Crippen LogP contribution in [0.25, 0.3) is 0 Å². The van der Waals surface area contributed by atoms with Gasteiger partial charge in [-0.3, -0.25) is 14.3 Å². The van der Waals surface area contributed by atoms with Gasteiger partial charge in [-0.2, -0.15) is 0 Å². The number of rotatable bonds is 3. The van der Waals surface area contributed by atoms with Crippen molar-refractivity contribution in [1.82, 2.24) is 9.55 Å². The van der Waals surface area contributed by atoms with Gasteiger partial charge in [0.1, 0.15) is 0 Å². The van der Waals surface area contributed by atoms with Crippen molar-refractivity contribution in [3.8, 4) is 0 Å². The van der Waals surface area contributed by atoms with Crippen LogP contribution in [0.1, 0.15) is 6.23 Å². The number of aliphatic hydroxyl groups is 2. The minimum Gasteiger partial charge on any atom is -0.396 e. The molecule has 0 aromatic carbocycles. The van der Waals surface area contributed by atoms with E-state index in [0.717, 1.165) is 0 Å². The fourth-order valence-corrected chi connectivity index (χ4v) is 1.83. The van der Waals surface area contributed by atoms with Crippen molar-refractivity contribution in [3.05, 3.63) is 45.3 Å². The minimum atomic E-state index is -0.700. The van der Waals surface area contributed by atoms with Gasteiger partial charge >= 0.3 is 5.69 Å². The zero-order valence-electron chi connectivity index (χ0n) is 9.52. The van der Waals surface area contributed by atoms with Crippen LogP contribution in [0.4, 0.5) is 0 Å². The van der Waals surface area contributed by atoms with E-state index in [9.17, 15) is 9.59 Å². The molecule has 7 nitrogen and oxygen atoms in total. The summed E-state index contributed by atoms with van der Waals surface area (Å²) < 4.78 is 6.69. The maximum atomic E-state index is 11.6. The topological polar surface area (TPSA) is 105 Å². The van der Waals surface area contributed by atoms with Gasteiger partial charge in [0.05, 0.1) is 19.3 Å². The smallest absolute Gasteiger partial charge is 0.330 e. The van der Waals surface area contributed by atoms with Gasteiger partial charge in [-0.05, 0) is 6.08 Å². The molecule has 1 aromatic rings. The summed E-state index contributed by atoms with van der Waals surface area (Å²) in [6.07, 6.45) is 3.33. The SMILES string of the molecule is O=c1ccn([C@H]2C=C[C@H](CO)[C@@H](CO)O2)c(=O)[nH]1. The molecule has 1 aliphatic heterocycles. The fraction of sp³-hybridized carbons (Fsp3) is 0.455. The number of hydrogen-bond acceptors (Lipinski definition) is 5. The highest BCUT2D eigenvalue weighted by atomic mass is 16.5. The van der Waals surface area contributed by atoms with Crippen LogP contribution in [0.15, 0.2) is 34.0 Å². The highest BCUT2D eigenvalue weighted by molar-refractivity contribution is 5.01. The molecule has 3 N–H and O–H groups in total. The Morgan fingerprint density at radius 1 is 1.28 bits per heavy atom. The van der Waals surface area contributed by atoms with E-state index in [1.807, 2.05) is 0 Å². The highest BCUT2D eigenvalue weighted by Gasteiger charge is 2.27. The Labute approximate surface area is 102 Å². The summed E-state index contributed by atoms with van der Waals surface area (Å²) in [7, 11) is 0. The van der Waals surface area contributed by atoms with Crippen LogP contribution < -0.4 is 11.2 Å². The Bertz CT molecular complexity index is 547. The van der Waals surface area contributed by atoms with Crippen molar-refractivity contribution in [1.29, 1.82) is 0 Å². The summed E-state index contributed by atoms with van der Waals surface area (Å²) in [5.41, 5.74) is -1.07. The third-order valence-electron chi connectivity index (χ3n) is 2.83. The predicted octanol–water partition coefficient (Wildman–Crippen LogP) is -1.41. The standard InChI is InChI=1S/C11H14N2O5/c14-5-7-1-2-10(18-8(7)6-15)13-4-3-9(16)12-11(13)17/h1-4,7-8,10,14-15H,5-6H2,(H,12,16,17)/t7-,8-,10-/m1/s1. The molecule has 0 saturated carbocycles. The Balaban J connectivity index is 2.30. The van der Waals surface area contributed by atoms with E-state index in [1.165, 1.54) is 16.8 Å². The van der Waals surface area contributed by atoms with Crippen molar-refractivity contribution >= 4 is 0 Å². The van der Waals surface area contributed by atoms with Gasteiger partial charge < -0.3 is 14.9 Å². The Hall–Kier alpha value is -1.70. The number of nitrogens with zero attached hydrogens (tertiary/aromatic N) is 1. The van der Waals surface area contributed by atoms with Crippen LogP contribution in [0.3, 0.4) is 0 Å². The van der Waals surface area contributed by atoms with Gasteiger partial charge in [-0.1, -0.05) is 6.08 Å². The van der Waals surface area contributed by atoms with Crippen molar-refractivity contribution in [3.63, 3.8) is 0 Å². The van der Waals surface area contributed by atoms with E-state index in [1.54, 1.807) is 12.2 Å². The third-order valence-corrected chi connectivity index (χ3v) is 2.83. The van der Waals surface area contributed by atoms with Gasteiger partial charge in [-0.25, -0.2) is 4.79 Å². The molecule has 0 aliphatic carbocycles. The van der Waals surface area contributed by atoms with Gasteiger partial charge in [0.25, 0.3) is 5.56 Å². The summed E-state index contributed by atoms with van der Waals surface area (Å²) in [6.45, 7) is -0.404. The molecule has 0 radical (unpaired) electrons. The first-order chi connectivity index (χ1) is 8.65. The normalized spacial score (nSPS) is 27.3. The van der Waals surface area contributed by atoms with Crippen molar-refractivity contribution in [2.45, 2.75) is 12.3 Å². The maximum Gasteiger partial charge on any atom is 0.330 e. The number of aliphatic hydroxyl groups excluding tert-OH is 2. The number of aromatic nitrogens is 2. The third kappa shape index (κ3) is 2.42. The molecule has 0 fully saturated rings. The molecule has 3 atom stereocenters. The largest absolute Gasteiger partial charge is 0.396 e. The van der Waals surface area contributed by atoms with Crippen molar-refractivity contribution < 1.29 is 14.9 Å². The molecule has 1 aromatic heterocycles. The number of ether oxygens (including phenoxy) is 1. The number of hydrogen-bond donors (Lipinski definition) is 3. The first kappa shape index (κ1) is 12.7. The lowest BCUT2D eigenvalue weighted by Gasteiger charge is -2.30. The van der Waals surface area contributed by atoms with E-state index < -0.39 is 23.6 Å². The van der Waals surface area contributed by atoms with Gasteiger partial charge in [0, 0.05) is 18.2 Å². The van der Waals surface area contributed by atoms with Crippen molar-refractivity contribution in [2.75, 3.05) is 13.2 Å². The molecule has 7 heteroatoms. The lowest BCUT2D eigenvalue weighted by molar-refractivity contribution is -0.0886. The van der Waals surface area contributed by atoms with Gasteiger partial charge in [-0.15, -0.1) is 0 Å². The number of H-pyrrole nitrogens is 1. The lowest BCUT2D eigenvalue weighted by atomic mass is 10.0. The van der Waals surface area contributed by atoms with E-state index in [4.69, 9.17) is 14.9 Å². The molecule has 18 heavy (non-hydrogen) atoms. The zero-order valence-corrected chi connectivity index (χ0v) is 9.52. The van der Waals surface area contributed by atoms with E-state index in [-0.39, 0.29) is 19.1 Å². The Morgan fingerprint density at radius 2 is 2.06 bits per heavy atom. The zero-order chi connectivity index (χ0) is 13.1. The first-order valence-corrected chi connectivity index (χ1v) is 5.52. The van der Waals surface area contributed by atoms with Crippen LogP contribution >= 0.6 is 0 Å². The second-order valence-electron chi connectivity index (χ2n) is 4.00. The van der Waals surface area contributed by atoms with Crippen LogP contribution in [0, 0.1) is 5.92 Å². The van der Waals surface area contributed by atoms with E-state index in [2.05, 4.69) is 4.98 Å². The molecular weight excluding hydrogens is 240 g/mol. The average Bonchev–Trinajstić information content (AvgIpc) is 2.38. The van der Waals surface area contributed by atoms with Crippen molar-refractivity contribution in [2.24, 2.45) is 5.92 Å². The predicted molar refractivity (Wildman–Crippen MR) is 62.0 cm³/mol. The summed E-state index contributed by atoms with van der Waals surface area (Å²) in [5.74, 6) is -0.301. The second kappa shape index (κ2) is 5.30. The average molecular weight is 254 g/mol. The molecule has 0 amide bonds. The fourth-order valence-electron chi connectivity index (χ4n) is 1.83. The Morgan fingerprint density at radius 3 is 2.67 bits per heavy atom. The van der Waals surface area contributed by atoms with Crippen LogP contribution in [-0.4, -0.2) is 39.1 Å². The highest BCUT2D eigenvalue weighted by Crippen LogP contribution is 2.23. The van der Waals surface area contributed by atoms with E-state index >= 15 is 0 Å². The number of aromatic amines is 1. The lowest BCUT2D eigenvalue weighted by Crippen LogP contribution is -2.39. The first-order valence-electron chi connectivity index (χ1n) is 5.52. The Kier molecular flexibility index (Phi) is 3.75. The van der Waals surface area contributed by atoms with Crippen LogP contribution in [0.5, 0.6) is 0 Å². The van der Waals surface area contributed by atoms with E-state index in [0.29, 0.717) is 0 Å². The molecule has 1 aliphatic rings. The molecular formula is C11H14N2O5. The van der Waals surface area contributed by atoms with Gasteiger partial charge in [0.2, 0.25) is 0 Å². The van der Waals surface area contributed by atoms with Crippen LogP contribution in [-0.2, 0) is 4.74 Å². The quantitative estimate of drug-likeness (QED) is 0.575. The summed E-state index contributed by atoms with van der Waals surface area (Å²) in [5, 5.41) is 18.2. The summed E-state index contributed by atoms with van der Waals surface area (Å²) in [6, 6.07) is 1.21. The maximum absolute atomic E-state index is 11.6. The minimum absolute atomic E-state index is 0.144. The monoisotopic (exact) mass is 254 g/mol. The number of nitrogens with one attached hydrogen (secondary N) is 1. The summed E-state index contributed by atoms with van der Waals surface area (Å²) >= 11 is 0. The molecule has 0 bridgehead atoms. The molecule has 2 rings (SSSR count). The molecule has 0 saturated heterocycles. The molecule has 0 unspecified atom stereocenters. The van der Waals surface area contributed by atoms with Gasteiger partial charge in [0.15, 0.2) is 6.23 Å². The second-order valence-corrected chi connectivity index (χ2v) is 4.00. The molecule has 2 heterocycles. The van der Waals surface area contributed by atoms with Crippen LogP contribution in [0.2, 0.25) is 0 Å². The molecule has 98 valence electrons. The molecule has 0 spiro atoms.